The van der Waals surface area contributed by atoms with E-state index in [9.17, 15) is 4.79 Å². The van der Waals surface area contributed by atoms with Gasteiger partial charge in [-0.05, 0) is 39.3 Å². The third-order valence-corrected chi connectivity index (χ3v) is 5.19. The second-order valence-corrected chi connectivity index (χ2v) is 7.71. The fraction of sp³-hybridized carbons (Fsp3) is 0.550. The number of pyridine rings is 1. The van der Waals surface area contributed by atoms with Gasteiger partial charge < -0.3 is 9.64 Å². The summed E-state index contributed by atoms with van der Waals surface area (Å²) in [7, 11) is 0. The molecule has 0 spiro atoms. The highest BCUT2D eigenvalue weighted by molar-refractivity contribution is 5.35. The largest absolute Gasteiger partial charge is 0.372 e. The van der Waals surface area contributed by atoms with Crippen LogP contribution in [0.1, 0.15) is 36.5 Å². The van der Waals surface area contributed by atoms with Gasteiger partial charge >= 0.3 is 0 Å². The van der Waals surface area contributed by atoms with Gasteiger partial charge in [-0.1, -0.05) is 6.07 Å². The van der Waals surface area contributed by atoms with Crippen LogP contribution in [0.25, 0.3) is 0 Å². The van der Waals surface area contributed by atoms with Gasteiger partial charge in [0.15, 0.2) is 0 Å². The molecule has 0 amide bonds. The van der Waals surface area contributed by atoms with E-state index in [2.05, 4.69) is 39.7 Å². The molecule has 0 aromatic carbocycles. The predicted octanol–water partition coefficient (Wildman–Crippen LogP) is 1.65. The maximum absolute atomic E-state index is 12.6. The predicted molar refractivity (Wildman–Crippen MR) is 104 cm³/mol. The van der Waals surface area contributed by atoms with Crippen LogP contribution in [0.15, 0.2) is 23.0 Å². The summed E-state index contributed by atoms with van der Waals surface area (Å²) in [4.78, 5) is 29.5. The normalized spacial score (nSPS) is 23.3. The Morgan fingerprint density at radius 3 is 2.74 bits per heavy atom. The summed E-state index contributed by atoms with van der Waals surface area (Å²) < 4.78 is 5.80. The van der Waals surface area contributed by atoms with Crippen molar-refractivity contribution in [1.82, 2.24) is 19.9 Å². The fourth-order valence-corrected chi connectivity index (χ4v) is 4.03. The SMILES string of the molecule is Cc1cccc(CN2CCc3c(nc(N4C[C@@H](C)O[C@@H](C)C4)[nH]c3=O)C2)n1. The number of hydrogen-bond donors (Lipinski definition) is 1. The molecular formula is C20H27N5O2. The number of aryl methyl sites for hydroxylation is 1. The van der Waals surface area contributed by atoms with Gasteiger partial charge in [0.1, 0.15) is 0 Å². The molecule has 1 N–H and O–H groups in total. The Morgan fingerprint density at radius 1 is 1.22 bits per heavy atom. The van der Waals surface area contributed by atoms with E-state index in [4.69, 9.17) is 9.72 Å². The average Bonchev–Trinajstić information content (AvgIpc) is 2.60. The molecule has 7 heteroatoms. The van der Waals surface area contributed by atoms with Crippen molar-refractivity contribution in [3.8, 4) is 0 Å². The number of aromatic nitrogens is 3. The maximum Gasteiger partial charge on any atom is 0.255 e. The fourth-order valence-electron chi connectivity index (χ4n) is 4.03. The summed E-state index contributed by atoms with van der Waals surface area (Å²) in [6.45, 7) is 9.89. The molecule has 2 aliphatic heterocycles. The highest BCUT2D eigenvalue weighted by Crippen LogP contribution is 2.20. The Morgan fingerprint density at radius 2 is 2.00 bits per heavy atom. The number of ether oxygens (including phenoxy) is 1. The van der Waals surface area contributed by atoms with E-state index in [1.54, 1.807) is 0 Å². The van der Waals surface area contributed by atoms with Crippen molar-refractivity contribution >= 4 is 5.95 Å². The van der Waals surface area contributed by atoms with Crippen LogP contribution in [0.2, 0.25) is 0 Å². The van der Waals surface area contributed by atoms with E-state index in [0.717, 1.165) is 55.2 Å². The second-order valence-electron chi connectivity index (χ2n) is 7.71. The molecule has 0 bridgehead atoms. The summed E-state index contributed by atoms with van der Waals surface area (Å²) in [5.74, 6) is 0.663. The van der Waals surface area contributed by atoms with Crippen LogP contribution >= 0.6 is 0 Å². The molecule has 0 aliphatic carbocycles. The molecule has 0 saturated carbocycles. The van der Waals surface area contributed by atoms with Gasteiger partial charge in [0.2, 0.25) is 5.95 Å². The lowest BCUT2D eigenvalue weighted by molar-refractivity contribution is -0.00576. The lowest BCUT2D eigenvalue weighted by Gasteiger charge is -2.36. The van der Waals surface area contributed by atoms with E-state index in [1.807, 2.05) is 19.1 Å². The summed E-state index contributed by atoms with van der Waals surface area (Å²) in [5.41, 5.74) is 3.79. The molecular weight excluding hydrogens is 342 g/mol. The van der Waals surface area contributed by atoms with E-state index in [1.165, 1.54) is 0 Å². The molecule has 2 atom stereocenters. The smallest absolute Gasteiger partial charge is 0.255 e. The average molecular weight is 369 g/mol. The number of H-pyrrole nitrogens is 1. The minimum atomic E-state index is -0.00451. The Bertz CT molecular complexity index is 871. The lowest BCUT2D eigenvalue weighted by atomic mass is 10.1. The Labute approximate surface area is 159 Å². The van der Waals surface area contributed by atoms with Crippen LogP contribution in [0, 0.1) is 6.92 Å². The summed E-state index contributed by atoms with van der Waals surface area (Å²) in [6.07, 6.45) is 0.970. The number of nitrogens with one attached hydrogen (secondary N) is 1. The number of morpholine rings is 1. The minimum Gasteiger partial charge on any atom is -0.372 e. The highest BCUT2D eigenvalue weighted by Gasteiger charge is 2.27. The molecule has 2 aromatic heterocycles. The van der Waals surface area contributed by atoms with Crippen LogP contribution in [0.3, 0.4) is 0 Å². The second kappa shape index (κ2) is 7.40. The molecule has 4 heterocycles. The van der Waals surface area contributed by atoms with Crippen molar-refractivity contribution in [2.45, 2.75) is 52.5 Å². The van der Waals surface area contributed by atoms with Gasteiger partial charge in [-0.25, -0.2) is 4.98 Å². The van der Waals surface area contributed by atoms with Crippen molar-refractivity contribution in [3.05, 3.63) is 51.2 Å². The van der Waals surface area contributed by atoms with Gasteiger partial charge in [0, 0.05) is 44.0 Å². The molecule has 2 aromatic rings. The van der Waals surface area contributed by atoms with Crippen LogP contribution in [0.5, 0.6) is 0 Å². The third-order valence-electron chi connectivity index (χ3n) is 5.19. The zero-order valence-corrected chi connectivity index (χ0v) is 16.2. The first-order valence-electron chi connectivity index (χ1n) is 9.65. The van der Waals surface area contributed by atoms with Crippen molar-refractivity contribution in [1.29, 1.82) is 0 Å². The number of nitrogens with zero attached hydrogens (tertiary/aromatic N) is 4. The number of aromatic amines is 1. The highest BCUT2D eigenvalue weighted by atomic mass is 16.5. The van der Waals surface area contributed by atoms with E-state index in [-0.39, 0.29) is 17.8 Å². The Kier molecular flexibility index (Phi) is 4.97. The molecule has 27 heavy (non-hydrogen) atoms. The zero-order valence-electron chi connectivity index (χ0n) is 16.2. The van der Waals surface area contributed by atoms with Gasteiger partial charge in [-0.3, -0.25) is 19.7 Å². The molecule has 1 fully saturated rings. The topological polar surface area (TPSA) is 74.3 Å². The first kappa shape index (κ1) is 18.1. The first-order chi connectivity index (χ1) is 13.0. The van der Waals surface area contributed by atoms with Crippen LogP contribution in [-0.2, 0) is 24.2 Å². The molecule has 1 saturated heterocycles. The monoisotopic (exact) mass is 369 g/mol. The van der Waals surface area contributed by atoms with E-state index in [0.29, 0.717) is 12.5 Å². The lowest BCUT2D eigenvalue weighted by Crippen LogP contribution is -2.47. The molecule has 2 aliphatic rings. The van der Waals surface area contributed by atoms with Crippen molar-refractivity contribution in [2.75, 3.05) is 24.5 Å². The Balaban J connectivity index is 1.55. The van der Waals surface area contributed by atoms with E-state index < -0.39 is 0 Å². The van der Waals surface area contributed by atoms with Crippen LogP contribution < -0.4 is 10.5 Å². The standard InChI is InChI=1S/C20H27N5O2/c1-13-5-4-6-16(21-13)11-24-8-7-17-18(12-24)22-20(23-19(17)26)25-9-14(2)27-15(3)10-25/h4-6,14-15H,7-12H2,1-3H3,(H,22,23,26)/t14-,15+. The van der Waals surface area contributed by atoms with Crippen molar-refractivity contribution < 1.29 is 4.74 Å². The number of anilines is 1. The van der Waals surface area contributed by atoms with Crippen molar-refractivity contribution in [2.24, 2.45) is 0 Å². The van der Waals surface area contributed by atoms with E-state index >= 15 is 0 Å². The van der Waals surface area contributed by atoms with Crippen LogP contribution in [0.4, 0.5) is 5.95 Å². The minimum absolute atomic E-state index is 0.00451. The number of rotatable bonds is 3. The van der Waals surface area contributed by atoms with Gasteiger partial charge in [0.05, 0.1) is 23.6 Å². The number of fused-ring (bicyclic) bond motifs is 1. The molecule has 0 radical (unpaired) electrons. The quantitative estimate of drug-likeness (QED) is 0.887. The first-order valence-corrected chi connectivity index (χ1v) is 9.65. The summed E-state index contributed by atoms with van der Waals surface area (Å²) in [5, 5.41) is 0. The maximum atomic E-state index is 12.6. The van der Waals surface area contributed by atoms with Gasteiger partial charge in [-0.2, -0.15) is 0 Å². The van der Waals surface area contributed by atoms with Crippen LogP contribution in [-0.4, -0.2) is 51.7 Å². The summed E-state index contributed by atoms with van der Waals surface area (Å²) in [6, 6.07) is 6.10. The Hall–Kier alpha value is -2.25. The van der Waals surface area contributed by atoms with Gasteiger partial charge in [-0.15, -0.1) is 0 Å². The van der Waals surface area contributed by atoms with Crippen molar-refractivity contribution in [3.63, 3.8) is 0 Å². The third kappa shape index (κ3) is 4.04. The number of hydrogen-bond acceptors (Lipinski definition) is 6. The summed E-state index contributed by atoms with van der Waals surface area (Å²) >= 11 is 0. The zero-order chi connectivity index (χ0) is 19.0. The molecule has 144 valence electrons. The molecule has 7 nitrogen and oxygen atoms in total. The molecule has 4 rings (SSSR count). The van der Waals surface area contributed by atoms with Gasteiger partial charge in [0.25, 0.3) is 5.56 Å². The molecule has 0 unspecified atom stereocenters.